The summed E-state index contributed by atoms with van der Waals surface area (Å²) in [6, 6.07) is 21.7. The number of nitrogens with one attached hydrogen (secondary N) is 1. The second-order valence-corrected chi connectivity index (χ2v) is 8.55. The van der Waals surface area contributed by atoms with E-state index in [4.69, 9.17) is 20.0 Å². The standard InChI is InChI=1S/C29H33N3O4/c1-5-21-10-6-7-12-25(21)26-14-13-23(16-24(26)19-35-3)29(36-4)31-28(30)22-11-8-9-20(15-22)17-32(2)18-27(33)34/h6-16,30H,5,17-19H2,1-4H3,(H,33,34). The molecule has 0 bridgehead atoms. The number of likely N-dealkylation sites (N-methyl/N-ethyl adjacent to an activating group) is 1. The van der Waals surface area contributed by atoms with Crippen molar-refractivity contribution in [1.82, 2.24) is 4.90 Å². The van der Waals surface area contributed by atoms with Gasteiger partial charge in [-0.05, 0) is 59.5 Å². The molecule has 0 saturated carbocycles. The fourth-order valence-electron chi connectivity index (χ4n) is 4.17. The number of carbonyl (C=O) groups is 1. The molecule has 0 heterocycles. The van der Waals surface area contributed by atoms with Crippen LogP contribution in [0.3, 0.4) is 0 Å². The first-order chi connectivity index (χ1) is 17.4. The number of carboxylic acid groups (broad SMARTS) is 1. The van der Waals surface area contributed by atoms with Crippen molar-refractivity contribution < 1.29 is 19.4 Å². The average molecular weight is 488 g/mol. The molecule has 3 aromatic carbocycles. The molecular formula is C29H33N3O4. The monoisotopic (exact) mass is 487 g/mol. The molecule has 0 fully saturated rings. The molecule has 7 nitrogen and oxygen atoms in total. The third kappa shape index (κ3) is 6.87. The lowest BCUT2D eigenvalue weighted by Crippen LogP contribution is -2.25. The molecule has 188 valence electrons. The third-order valence-electron chi connectivity index (χ3n) is 5.81. The summed E-state index contributed by atoms with van der Waals surface area (Å²) in [6.07, 6.45) is 0.928. The smallest absolute Gasteiger partial charge is 0.317 e. The number of aliphatic imine (C=N–C) groups is 1. The van der Waals surface area contributed by atoms with E-state index in [-0.39, 0.29) is 12.4 Å². The zero-order valence-corrected chi connectivity index (χ0v) is 21.2. The Morgan fingerprint density at radius 2 is 1.72 bits per heavy atom. The van der Waals surface area contributed by atoms with Gasteiger partial charge in [0.2, 0.25) is 5.90 Å². The SMILES string of the molecule is CCc1ccccc1-c1ccc(C(=NC(=N)c2cccc(CN(C)CC(=O)O)c2)OC)cc1COC. The van der Waals surface area contributed by atoms with Crippen molar-refractivity contribution in [2.45, 2.75) is 26.5 Å². The highest BCUT2D eigenvalue weighted by Crippen LogP contribution is 2.29. The van der Waals surface area contributed by atoms with Gasteiger partial charge in [0.15, 0.2) is 5.84 Å². The van der Waals surface area contributed by atoms with Crippen molar-refractivity contribution in [1.29, 1.82) is 5.41 Å². The van der Waals surface area contributed by atoms with E-state index in [1.807, 2.05) is 42.5 Å². The molecule has 0 aliphatic heterocycles. The Balaban J connectivity index is 1.91. The highest BCUT2D eigenvalue weighted by molar-refractivity contribution is 6.08. The Morgan fingerprint density at radius 1 is 0.972 bits per heavy atom. The lowest BCUT2D eigenvalue weighted by Gasteiger charge is -2.15. The highest BCUT2D eigenvalue weighted by Gasteiger charge is 2.14. The predicted molar refractivity (Wildman–Crippen MR) is 143 cm³/mol. The molecule has 36 heavy (non-hydrogen) atoms. The van der Waals surface area contributed by atoms with Crippen LogP contribution in [-0.2, 0) is 33.8 Å². The molecule has 3 aromatic rings. The van der Waals surface area contributed by atoms with E-state index in [2.05, 4.69) is 30.1 Å². The molecule has 0 saturated heterocycles. The molecule has 0 aliphatic rings. The maximum atomic E-state index is 10.9. The van der Waals surface area contributed by atoms with Crippen LogP contribution in [0.4, 0.5) is 0 Å². The molecule has 0 spiro atoms. The lowest BCUT2D eigenvalue weighted by molar-refractivity contribution is -0.138. The summed E-state index contributed by atoms with van der Waals surface area (Å²) in [5.41, 5.74) is 6.82. The van der Waals surface area contributed by atoms with Gasteiger partial charge in [0.25, 0.3) is 0 Å². The summed E-state index contributed by atoms with van der Waals surface area (Å²) in [5, 5.41) is 17.6. The van der Waals surface area contributed by atoms with E-state index in [1.165, 1.54) is 11.1 Å². The first kappa shape index (κ1) is 26.8. The molecule has 0 aliphatic carbocycles. The van der Waals surface area contributed by atoms with Gasteiger partial charge in [-0.1, -0.05) is 55.5 Å². The maximum Gasteiger partial charge on any atom is 0.317 e. The van der Waals surface area contributed by atoms with Gasteiger partial charge >= 0.3 is 5.97 Å². The van der Waals surface area contributed by atoms with E-state index in [1.54, 1.807) is 32.2 Å². The Labute approximate surface area is 212 Å². The number of carboxylic acids is 1. The molecule has 0 amide bonds. The number of aliphatic carboxylic acids is 1. The van der Waals surface area contributed by atoms with Gasteiger partial charge in [-0.2, -0.15) is 4.99 Å². The summed E-state index contributed by atoms with van der Waals surface area (Å²) < 4.78 is 11.1. The van der Waals surface area contributed by atoms with Gasteiger partial charge in [-0.15, -0.1) is 0 Å². The van der Waals surface area contributed by atoms with E-state index >= 15 is 0 Å². The summed E-state index contributed by atoms with van der Waals surface area (Å²) >= 11 is 0. The number of hydrogen-bond acceptors (Lipinski definition) is 5. The Bertz CT molecular complexity index is 1250. The van der Waals surface area contributed by atoms with Crippen LogP contribution < -0.4 is 0 Å². The van der Waals surface area contributed by atoms with E-state index in [0.717, 1.165) is 28.7 Å². The topological polar surface area (TPSA) is 95.2 Å². The van der Waals surface area contributed by atoms with Gasteiger partial charge < -0.3 is 14.6 Å². The van der Waals surface area contributed by atoms with Crippen LogP contribution in [0.15, 0.2) is 71.7 Å². The van der Waals surface area contributed by atoms with Crippen molar-refractivity contribution in [2.24, 2.45) is 4.99 Å². The van der Waals surface area contributed by atoms with E-state index in [9.17, 15) is 4.79 Å². The van der Waals surface area contributed by atoms with E-state index in [0.29, 0.717) is 24.6 Å². The second-order valence-electron chi connectivity index (χ2n) is 8.55. The normalized spacial score (nSPS) is 11.5. The summed E-state index contributed by atoms with van der Waals surface area (Å²) in [5.74, 6) is -0.489. The number of amidine groups is 1. The van der Waals surface area contributed by atoms with Crippen LogP contribution in [0.1, 0.15) is 34.7 Å². The van der Waals surface area contributed by atoms with Gasteiger partial charge in [-0.25, -0.2) is 0 Å². The van der Waals surface area contributed by atoms with E-state index < -0.39 is 5.97 Å². The number of nitrogens with zero attached hydrogens (tertiary/aromatic N) is 2. The van der Waals surface area contributed by atoms with Crippen molar-refractivity contribution in [2.75, 3.05) is 27.8 Å². The molecule has 0 unspecified atom stereocenters. The minimum atomic E-state index is -0.882. The fourth-order valence-corrected chi connectivity index (χ4v) is 4.17. The highest BCUT2D eigenvalue weighted by atomic mass is 16.5. The van der Waals surface area contributed by atoms with Gasteiger partial charge in [0.1, 0.15) is 0 Å². The largest absolute Gasteiger partial charge is 0.481 e. The predicted octanol–water partition coefficient (Wildman–Crippen LogP) is 5.00. The molecule has 2 N–H and O–H groups in total. The molecule has 0 atom stereocenters. The van der Waals surface area contributed by atoms with Crippen LogP contribution in [0.25, 0.3) is 11.1 Å². The molecular weight excluding hydrogens is 454 g/mol. The van der Waals surface area contributed by atoms with Crippen LogP contribution in [0.5, 0.6) is 0 Å². The summed E-state index contributed by atoms with van der Waals surface area (Å²) in [7, 11) is 4.96. The van der Waals surface area contributed by atoms with Crippen molar-refractivity contribution in [3.63, 3.8) is 0 Å². The minimum absolute atomic E-state index is 0.0586. The van der Waals surface area contributed by atoms with Gasteiger partial charge in [-0.3, -0.25) is 15.1 Å². The quantitative estimate of drug-likeness (QED) is 0.310. The maximum absolute atomic E-state index is 10.9. The molecule has 7 heteroatoms. The average Bonchev–Trinajstić information content (AvgIpc) is 2.87. The van der Waals surface area contributed by atoms with Crippen LogP contribution in [0, 0.1) is 5.41 Å². The summed E-state index contributed by atoms with van der Waals surface area (Å²) in [4.78, 5) is 17.1. The third-order valence-corrected chi connectivity index (χ3v) is 5.81. The number of rotatable bonds is 10. The van der Waals surface area contributed by atoms with Crippen molar-refractivity contribution in [3.8, 4) is 11.1 Å². The Hall–Kier alpha value is -3.81. The van der Waals surface area contributed by atoms with Crippen LogP contribution in [-0.4, -0.2) is 55.5 Å². The first-order valence-corrected chi connectivity index (χ1v) is 11.8. The number of aryl methyl sites for hydroxylation is 1. The van der Waals surface area contributed by atoms with Crippen LogP contribution >= 0.6 is 0 Å². The molecule has 3 rings (SSSR count). The fraction of sp³-hybridized carbons (Fsp3) is 0.276. The Kier molecular flexibility index (Phi) is 9.50. The Morgan fingerprint density at radius 3 is 2.42 bits per heavy atom. The minimum Gasteiger partial charge on any atom is -0.481 e. The number of benzene rings is 3. The first-order valence-electron chi connectivity index (χ1n) is 11.8. The number of hydrogen-bond donors (Lipinski definition) is 2. The zero-order valence-electron chi connectivity index (χ0n) is 21.2. The van der Waals surface area contributed by atoms with Crippen molar-refractivity contribution in [3.05, 3.63) is 94.5 Å². The summed E-state index contributed by atoms with van der Waals surface area (Å²) in [6.45, 7) is 2.97. The zero-order chi connectivity index (χ0) is 26.1. The van der Waals surface area contributed by atoms with Gasteiger partial charge in [0.05, 0.1) is 20.3 Å². The van der Waals surface area contributed by atoms with Crippen molar-refractivity contribution >= 4 is 17.7 Å². The molecule has 0 aromatic heterocycles. The lowest BCUT2D eigenvalue weighted by atomic mass is 9.93. The number of methoxy groups -OCH3 is 2. The molecule has 0 radical (unpaired) electrons. The van der Waals surface area contributed by atoms with Gasteiger partial charge in [0, 0.05) is 24.8 Å². The second kappa shape index (κ2) is 12.8. The number of ether oxygens (including phenoxy) is 2. The van der Waals surface area contributed by atoms with Crippen LogP contribution in [0.2, 0.25) is 0 Å².